The Morgan fingerprint density at radius 3 is 2.35 bits per heavy atom. The number of hydrogen-bond donors (Lipinski definition) is 1. The van der Waals surface area contributed by atoms with Gasteiger partial charge in [0, 0.05) is 5.92 Å². The van der Waals surface area contributed by atoms with Crippen LogP contribution in [0.2, 0.25) is 0 Å². The molecule has 0 radical (unpaired) electrons. The quantitative estimate of drug-likeness (QED) is 0.620. The van der Waals surface area contributed by atoms with Crippen LogP contribution in [0.15, 0.2) is 0 Å². The van der Waals surface area contributed by atoms with Crippen LogP contribution in [0, 0.1) is 41.4 Å². The van der Waals surface area contributed by atoms with Gasteiger partial charge in [-0.15, -0.1) is 0 Å². The molecule has 5 heteroatoms. The fourth-order valence-corrected chi connectivity index (χ4v) is 7.74. The highest BCUT2D eigenvalue weighted by molar-refractivity contribution is 9.09. The number of alkyl halides is 3. The molecule has 0 aliphatic heterocycles. The summed E-state index contributed by atoms with van der Waals surface area (Å²) in [6.45, 7) is 0. The Bertz CT molecular complexity index is 542. The topological polar surface area (TPSA) is 37.3 Å². The van der Waals surface area contributed by atoms with E-state index in [-0.39, 0.29) is 24.7 Å². The molecule has 0 aromatic carbocycles. The third-order valence-corrected chi connectivity index (χ3v) is 9.11. The van der Waals surface area contributed by atoms with Crippen LogP contribution < -0.4 is 0 Å². The van der Waals surface area contributed by atoms with Crippen molar-refractivity contribution in [2.45, 2.75) is 76.2 Å². The molecule has 1 N–H and O–H groups in total. The second kappa shape index (κ2) is 7.42. The van der Waals surface area contributed by atoms with Gasteiger partial charge >= 0.3 is 0 Å². The lowest BCUT2D eigenvalue weighted by Gasteiger charge is -2.51. The first-order chi connectivity index (χ1) is 12.4. The SMILES string of the molecule is O=C(CBr)[C@H]1CC[C@@H]2C[C@H]1CC[C@H]1[C@H]2CC[C@@H]2C[C@@](O)(C(F)F)CC[C@@H]21. The van der Waals surface area contributed by atoms with Crippen molar-refractivity contribution in [2.24, 2.45) is 41.4 Å². The molecule has 4 fully saturated rings. The van der Waals surface area contributed by atoms with E-state index in [1.54, 1.807) is 0 Å². The molecule has 4 aliphatic rings. The van der Waals surface area contributed by atoms with Crippen LogP contribution in [0.1, 0.15) is 64.2 Å². The van der Waals surface area contributed by atoms with E-state index in [1.807, 2.05) is 0 Å². The monoisotopic (exact) mass is 432 g/mol. The van der Waals surface area contributed by atoms with E-state index < -0.39 is 12.0 Å². The van der Waals surface area contributed by atoms with E-state index in [4.69, 9.17) is 0 Å². The van der Waals surface area contributed by atoms with Crippen LogP contribution in [0.5, 0.6) is 0 Å². The molecule has 4 rings (SSSR count). The number of aliphatic hydroxyl groups is 1. The van der Waals surface area contributed by atoms with Crippen molar-refractivity contribution in [3.05, 3.63) is 0 Å². The van der Waals surface area contributed by atoms with Crippen molar-refractivity contribution in [1.82, 2.24) is 0 Å². The van der Waals surface area contributed by atoms with Gasteiger partial charge < -0.3 is 5.11 Å². The molecule has 4 aliphatic carbocycles. The Kier molecular flexibility index (Phi) is 5.51. The summed E-state index contributed by atoms with van der Waals surface area (Å²) in [6.07, 6.45) is 6.52. The maximum atomic E-state index is 13.3. The molecule has 148 valence electrons. The fourth-order valence-electron chi connectivity index (χ4n) is 7.33. The van der Waals surface area contributed by atoms with Crippen molar-refractivity contribution in [3.8, 4) is 0 Å². The van der Waals surface area contributed by atoms with Gasteiger partial charge in [0.15, 0.2) is 0 Å². The van der Waals surface area contributed by atoms with Crippen LogP contribution >= 0.6 is 15.9 Å². The molecule has 0 amide bonds. The third kappa shape index (κ3) is 3.29. The highest BCUT2D eigenvalue weighted by Gasteiger charge is 2.53. The van der Waals surface area contributed by atoms with E-state index in [9.17, 15) is 18.7 Å². The van der Waals surface area contributed by atoms with Crippen LogP contribution in [0.25, 0.3) is 0 Å². The molecule has 0 spiro atoms. The van der Waals surface area contributed by atoms with Crippen LogP contribution in [0.4, 0.5) is 8.78 Å². The van der Waals surface area contributed by atoms with Crippen LogP contribution in [-0.4, -0.2) is 28.2 Å². The molecule has 0 saturated heterocycles. The summed E-state index contributed by atoms with van der Waals surface area (Å²) in [5, 5.41) is 10.8. The van der Waals surface area contributed by atoms with Gasteiger partial charge in [-0.2, -0.15) is 0 Å². The van der Waals surface area contributed by atoms with Gasteiger partial charge in [-0.25, -0.2) is 8.78 Å². The number of carbonyl (C=O) groups is 1. The number of Topliss-reactive ketones (excluding diaryl/α,β-unsaturated/α-hetero) is 1. The molecule has 2 bridgehead atoms. The summed E-state index contributed by atoms with van der Waals surface area (Å²) in [5.41, 5.74) is -1.75. The Hall–Kier alpha value is -0.0300. The zero-order valence-electron chi connectivity index (χ0n) is 15.4. The largest absolute Gasteiger partial charge is 0.384 e. The summed E-state index contributed by atoms with van der Waals surface area (Å²) in [7, 11) is 0. The zero-order chi connectivity index (χ0) is 18.5. The van der Waals surface area contributed by atoms with Crippen molar-refractivity contribution in [1.29, 1.82) is 0 Å². The number of carbonyl (C=O) groups excluding carboxylic acids is 1. The maximum absolute atomic E-state index is 13.3. The van der Waals surface area contributed by atoms with E-state index in [2.05, 4.69) is 15.9 Å². The number of ketones is 1. The fraction of sp³-hybridized carbons (Fsp3) is 0.952. The highest BCUT2D eigenvalue weighted by Crippen LogP contribution is 2.57. The first-order valence-electron chi connectivity index (χ1n) is 10.5. The lowest BCUT2D eigenvalue weighted by atomic mass is 9.55. The second-order valence-electron chi connectivity index (χ2n) is 9.59. The summed E-state index contributed by atoms with van der Waals surface area (Å²) in [5.74, 6) is 3.99. The molecule has 4 saturated carbocycles. The first-order valence-corrected chi connectivity index (χ1v) is 11.6. The van der Waals surface area contributed by atoms with Crippen LogP contribution in [-0.2, 0) is 4.79 Å². The Balaban J connectivity index is 1.50. The van der Waals surface area contributed by atoms with Crippen molar-refractivity contribution in [2.75, 3.05) is 5.33 Å². The minimum absolute atomic E-state index is 0.233. The van der Waals surface area contributed by atoms with Crippen molar-refractivity contribution >= 4 is 21.7 Å². The van der Waals surface area contributed by atoms with E-state index in [0.717, 1.165) is 50.4 Å². The van der Waals surface area contributed by atoms with Gasteiger partial charge in [-0.1, -0.05) is 15.9 Å². The molecular weight excluding hydrogens is 402 g/mol. The maximum Gasteiger partial charge on any atom is 0.266 e. The molecule has 0 heterocycles. The van der Waals surface area contributed by atoms with E-state index in [1.165, 1.54) is 12.8 Å². The van der Waals surface area contributed by atoms with Gasteiger partial charge in [-0.05, 0) is 99.7 Å². The van der Waals surface area contributed by atoms with Crippen molar-refractivity contribution < 1.29 is 18.7 Å². The van der Waals surface area contributed by atoms with E-state index in [0.29, 0.717) is 28.9 Å². The highest BCUT2D eigenvalue weighted by atomic mass is 79.9. The van der Waals surface area contributed by atoms with Gasteiger partial charge in [0.25, 0.3) is 6.43 Å². The zero-order valence-corrected chi connectivity index (χ0v) is 17.0. The molecule has 0 aromatic rings. The smallest absolute Gasteiger partial charge is 0.266 e. The van der Waals surface area contributed by atoms with E-state index >= 15 is 0 Å². The summed E-state index contributed by atoms with van der Waals surface area (Å²) < 4.78 is 26.6. The molecule has 0 unspecified atom stereocenters. The summed E-state index contributed by atoms with van der Waals surface area (Å²) in [6, 6.07) is 0. The Labute approximate surface area is 163 Å². The molecule has 0 aromatic heterocycles. The summed E-state index contributed by atoms with van der Waals surface area (Å²) in [4.78, 5) is 12.3. The van der Waals surface area contributed by atoms with Crippen molar-refractivity contribution in [3.63, 3.8) is 0 Å². The average molecular weight is 433 g/mol. The molecule has 8 atom stereocenters. The van der Waals surface area contributed by atoms with Gasteiger partial charge in [0.2, 0.25) is 0 Å². The molecular formula is C21H31BrF2O2. The predicted octanol–water partition coefficient (Wildman–Crippen LogP) is 5.22. The van der Waals surface area contributed by atoms with Gasteiger partial charge in [-0.3, -0.25) is 4.79 Å². The van der Waals surface area contributed by atoms with Gasteiger partial charge in [0.05, 0.1) is 5.33 Å². The lowest BCUT2D eigenvalue weighted by Crippen LogP contribution is -2.49. The number of rotatable bonds is 3. The lowest BCUT2D eigenvalue weighted by molar-refractivity contribution is -0.151. The summed E-state index contributed by atoms with van der Waals surface area (Å²) >= 11 is 3.35. The predicted molar refractivity (Wildman–Crippen MR) is 100 cm³/mol. The Morgan fingerprint density at radius 2 is 1.62 bits per heavy atom. The minimum Gasteiger partial charge on any atom is -0.384 e. The first kappa shape index (κ1) is 19.3. The molecule has 2 nitrogen and oxygen atoms in total. The molecule has 26 heavy (non-hydrogen) atoms. The average Bonchev–Trinajstić information content (AvgIpc) is 2.78. The second-order valence-corrected chi connectivity index (χ2v) is 10.2. The Morgan fingerprint density at radius 1 is 0.962 bits per heavy atom. The normalized spacial score (nSPS) is 48.4. The third-order valence-electron chi connectivity index (χ3n) is 8.55. The van der Waals surface area contributed by atoms with Crippen LogP contribution in [0.3, 0.4) is 0 Å². The van der Waals surface area contributed by atoms with Gasteiger partial charge in [0.1, 0.15) is 11.4 Å². The number of halogens is 3. The number of hydrogen-bond acceptors (Lipinski definition) is 2. The standard InChI is InChI=1S/C21H31BrF2O2/c22-11-19(25)17-5-1-12-9-13(17)2-6-18-15(12)4-3-14-10-21(26,20(23)24)8-7-16(14)18/h12-18,20,26H,1-11H2/t12-,13-,14-,15+,16+,17+,18+,21-/m1/s1. The minimum atomic E-state index is -2.62. The number of fused-ring (bicyclic) bond motifs is 6.